The monoisotopic (exact) mass is 409 g/mol. The lowest BCUT2D eigenvalue weighted by Crippen LogP contribution is -1.94. The van der Waals surface area contributed by atoms with Crippen molar-refractivity contribution in [1.29, 1.82) is 0 Å². The van der Waals surface area contributed by atoms with Crippen LogP contribution >= 0.6 is 0 Å². The molecule has 0 N–H and O–H groups in total. The fourth-order valence-corrected chi connectivity index (χ4v) is 4.71. The van der Waals surface area contributed by atoms with Crippen molar-refractivity contribution in [3.8, 4) is 27.9 Å². The van der Waals surface area contributed by atoms with Crippen molar-refractivity contribution in [2.75, 3.05) is 0 Å². The quantitative estimate of drug-likeness (QED) is 0.276. The van der Waals surface area contributed by atoms with Crippen LogP contribution in [0.4, 0.5) is 0 Å². The van der Waals surface area contributed by atoms with E-state index in [1.54, 1.807) is 0 Å². The molecule has 0 saturated heterocycles. The van der Waals surface area contributed by atoms with Crippen LogP contribution < -0.4 is 0 Å². The molecule has 0 fully saturated rings. The van der Waals surface area contributed by atoms with Gasteiger partial charge in [0, 0.05) is 16.5 Å². The van der Waals surface area contributed by atoms with Crippen LogP contribution in [-0.4, -0.2) is 4.57 Å². The first-order chi connectivity index (χ1) is 15.8. The molecule has 1 nitrogen and oxygen atoms in total. The van der Waals surface area contributed by atoms with Crippen LogP contribution in [0.3, 0.4) is 0 Å². The van der Waals surface area contributed by atoms with E-state index in [4.69, 9.17) is 0 Å². The van der Waals surface area contributed by atoms with Gasteiger partial charge in [-0.05, 0) is 59.5 Å². The fraction of sp³-hybridized carbons (Fsp3) is 0.0323. The van der Waals surface area contributed by atoms with Gasteiger partial charge < -0.3 is 4.57 Å². The van der Waals surface area contributed by atoms with E-state index in [-0.39, 0.29) is 0 Å². The molecule has 0 spiro atoms. The zero-order valence-corrected chi connectivity index (χ0v) is 18.0. The molecule has 0 radical (unpaired) electrons. The Morgan fingerprint density at radius 1 is 0.438 bits per heavy atom. The van der Waals surface area contributed by atoms with E-state index in [0.717, 1.165) is 0 Å². The van der Waals surface area contributed by atoms with Gasteiger partial charge in [-0.2, -0.15) is 0 Å². The molecular formula is C31H23N. The van der Waals surface area contributed by atoms with Gasteiger partial charge in [-0.25, -0.2) is 0 Å². The number of aryl methyl sites for hydroxylation is 1. The van der Waals surface area contributed by atoms with Crippen LogP contribution in [0, 0.1) is 6.92 Å². The molecule has 1 aromatic heterocycles. The number of nitrogens with zero attached hydrogens (tertiary/aromatic N) is 1. The van der Waals surface area contributed by atoms with Gasteiger partial charge in [-0.3, -0.25) is 0 Å². The molecule has 6 aromatic rings. The van der Waals surface area contributed by atoms with E-state index in [2.05, 4.69) is 133 Å². The number of fused-ring (bicyclic) bond motifs is 3. The van der Waals surface area contributed by atoms with Gasteiger partial charge >= 0.3 is 0 Å². The molecule has 32 heavy (non-hydrogen) atoms. The maximum absolute atomic E-state index is 2.39. The molecule has 0 aliphatic rings. The molecule has 0 aliphatic heterocycles. The van der Waals surface area contributed by atoms with Crippen molar-refractivity contribution in [3.05, 3.63) is 127 Å². The summed E-state index contributed by atoms with van der Waals surface area (Å²) in [6, 6.07) is 43.7. The van der Waals surface area contributed by atoms with Gasteiger partial charge in [0.25, 0.3) is 0 Å². The summed E-state index contributed by atoms with van der Waals surface area (Å²) in [5.74, 6) is 0. The standard InChI is InChI=1S/C31H23N/c1-22-9-7-12-24(19-22)25-13-8-14-27(20-25)32-30-16-6-5-15-28(30)29-21-26(17-18-31(29)32)23-10-3-2-4-11-23/h2-21H,1H3. The molecule has 0 atom stereocenters. The number of aromatic nitrogens is 1. The third kappa shape index (κ3) is 3.11. The Hall–Kier alpha value is -4.10. The number of hydrogen-bond donors (Lipinski definition) is 0. The summed E-state index contributed by atoms with van der Waals surface area (Å²) in [4.78, 5) is 0. The van der Waals surface area contributed by atoms with Crippen molar-refractivity contribution in [1.82, 2.24) is 4.57 Å². The summed E-state index contributed by atoms with van der Waals surface area (Å²) in [5, 5.41) is 2.56. The van der Waals surface area contributed by atoms with Crippen LogP contribution in [-0.2, 0) is 0 Å². The largest absolute Gasteiger partial charge is 0.309 e. The first kappa shape index (κ1) is 18.7. The predicted molar refractivity (Wildman–Crippen MR) is 136 cm³/mol. The molecule has 1 heteroatoms. The van der Waals surface area contributed by atoms with E-state index in [1.807, 2.05) is 0 Å². The highest BCUT2D eigenvalue weighted by Gasteiger charge is 2.13. The van der Waals surface area contributed by atoms with Crippen molar-refractivity contribution in [2.24, 2.45) is 0 Å². The normalized spacial score (nSPS) is 11.3. The summed E-state index contributed by atoms with van der Waals surface area (Å²) >= 11 is 0. The zero-order valence-electron chi connectivity index (χ0n) is 18.0. The van der Waals surface area contributed by atoms with Crippen LogP contribution in [0.5, 0.6) is 0 Å². The van der Waals surface area contributed by atoms with Crippen molar-refractivity contribution in [2.45, 2.75) is 6.92 Å². The summed E-state index contributed by atoms with van der Waals surface area (Å²) in [7, 11) is 0. The summed E-state index contributed by atoms with van der Waals surface area (Å²) < 4.78 is 2.39. The van der Waals surface area contributed by atoms with E-state index in [0.29, 0.717) is 0 Å². The number of para-hydroxylation sites is 1. The molecule has 5 aromatic carbocycles. The molecule has 1 heterocycles. The van der Waals surface area contributed by atoms with Gasteiger partial charge in [0.15, 0.2) is 0 Å². The van der Waals surface area contributed by atoms with Crippen LogP contribution in [0.2, 0.25) is 0 Å². The SMILES string of the molecule is Cc1cccc(-c2cccc(-n3c4ccccc4c4cc(-c5ccccc5)ccc43)c2)c1. The zero-order chi connectivity index (χ0) is 21.5. The van der Waals surface area contributed by atoms with Crippen molar-refractivity contribution >= 4 is 21.8 Å². The highest BCUT2D eigenvalue weighted by Crippen LogP contribution is 2.35. The Balaban J connectivity index is 1.59. The van der Waals surface area contributed by atoms with Gasteiger partial charge in [-0.1, -0.05) is 96.6 Å². The summed E-state index contributed by atoms with van der Waals surface area (Å²) in [6.45, 7) is 2.14. The smallest absolute Gasteiger partial charge is 0.0541 e. The van der Waals surface area contributed by atoms with Gasteiger partial charge in [0.1, 0.15) is 0 Å². The average Bonchev–Trinajstić information content (AvgIpc) is 3.18. The first-order valence-electron chi connectivity index (χ1n) is 11.0. The maximum Gasteiger partial charge on any atom is 0.0541 e. The van der Waals surface area contributed by atoms with Crippen LogP contribution in [0.1, 0.15) is 5.56 Å². The second-order valence-corrected chi connectivity index (χ2v) is 8.37. The number of hydrogen-bond acceptors (Lipinski definition) is 0. The van der Waals surface area contributed by atoms with Gasteiger partial charge in [-0.15, -0.1) is 0 Å². The maximum atomic E-state index is 2.39. The average molecular weight is 410 g/mol. The predicted octanol–water partition coefficient (Wildman–Crippen LogP) is 8.43. The van der Waals surface area contributed by atoms with Crippen LogP contribution in [0.25, 0.3) is 49.7 Å². The Morgan fingerprint density at radius 3 is 1.94 bits per heavy atom. The molecular weight excluding hydrogens is 386 g/mol. The molecule has 6 rings (SSSR count). The van der Waals surface area contributed by atoms with E-state index >= 15 is 0 Å². The van der Waals surface area contributed by atoms with Gasteiger partial charge in [0.05, 0.1) is 11.0 Å². The van der Waals surface area contributed by atoms with E-state index < -0.39 is 0 Å². The Labute approximate surface area is 188 Å². The second kappa shape index (κ2) is 7.55. The molecule has 0 unspecified atom stereocenters. The minimum Gasteiger partial charge on any atom is -0.309 e. The highest BCUT2D eigenvalue weighted by molar-refractivity contribution is 6.10. The van der Waals surface area contributed by atoms with E-state index in [9.17, 15) is 0 Å². The molecule has 0 saturated carbocycles. The van der Waals surface area contributed by atoms with Crippen molar-refractivity contribution in [3.63, 3.8) is 0 Å². The first-order valence-corrected chi connectivity index (χ1v) is 11.0. The second-order valence-electron chi connectivity index (χ2n) is 8.37. The number of rotatable bonds is 3. The lowest BCUT2D eigenvalue weighted by atomic mass is 10.0. The topological polar surface area (TPSA) is 4.93 Å². The molecule has 0 amide bonds. The van der Waals surface area contributed by atoms with E-state index in [1.165, 1.54) is 55.3 Å². The minimum absolute atomic E-state index is 1.18. The molecule has 0 bridgehead atoms. The Bertz CT molecular complexity index is 1570. The Kier molecular flexibility index (Phi) is 4.40. The van der Waals surface area contributed by atoms with Gasteiger partial charge in [0.2, 0.25) is 0 Å². The third-order valence-corrected chi connectivity index (χ3v) is 6.24. The lowest BCUT2D eigenvalue weighted by molar-refractivity contribution is 1.18. The summed E-state index contributed by atoms with van der Waals surface area (Å²) in [5.41, 5.74) is 9.89. The third-order valence-electron chi connectivity index (χ3n) is 6.24. The highest BCUT2D eigenvalue weighted by atomic mass is 15.0. The van der Waals surface area contributed by atoms with Crippen LogP contribution in [0.15, 0.2) is 121 Å². The fourth-order valence-electron chi connectivity index (χ4n) is 4.71. The number of benzene rings is 5. The summed E-state index contributed by atoms with van der Waals surface area (Å²) in [6.07, 6.45) is 0. The Morgan fingerprint density at radius 2 is 1.09 bits per heavy atom. The minimum atomic E-state index is 1.18. The lowest BCUT2D eigenvalue weighted by Gasteiger charge is -2.11. The molecule has 0 aliphatic carbocycles. The molecule has 152 valence electrons. The van der Waals surface area contributed by atoms with Crippen molar-refractivity contribution < 1.29 is 0 Å².